The maximum Gasteiger partial charge on any atom is 0.228 e. The summed E-state index contributed by atoms with van der Waals surface area (Å²) in [5.41, 5.74) is 0. The van der Waals surface area contributed by atoms with Gasteiger partial charge in [0.2, 0.25) is 5.91 Å². The Morgan fingerprint density at radius 1 is 1.35 bits per heavy atom. The van der Waals surface area contributed by atoms with Crippen molar-refractivity contribution in [2.75, 3.05) is 24.5 Å². The summed E-state index contributed by atoms with van der Waals surface area (Å²) in [6.45, 7) is 7.27. The number of piperidine rings is 1. The minimum absolute atomic E-state index is 0.146. The van der Waals surface area contributed by atoms with E-state index in [1.807, 2.05) is 30.0 Å². The van der Waals surface area contributed by atoms with Crippen molar-refractivity contribution in [2.45, 2.75) is 45.6 Å². The van der Waals surface area contributed by atoms with Crippen LogP contribution >= 0.6 is 0 Å². The van der Waals surface area contributed by atoms with Crippen LogP contribution in [0.5, 0.6) is 0 Å². The van der Waals surface area contributed by atoms with E-state index in [1.165, 1.54) is 19.3 Å². The average molecular weight is 275 g/mol. The number of hydrogen-bond donors (Lipinski definition) is 0. The zero-order chi connectivity index (χ0) is 14.4. The molecule has 1 aliphatic heterocycles. The van der Waals surface area contributed by atoms with Crippen molar-refractivity contribution in [1.82, 2.24) is 9.88 Å². The zero-order valence-corrected chi connectivity index (χ0v) is 12.6. The van der Waals surface area contributed by atoms with Gasteiger partial charge in [0.1, 0.15) is 5.82 Å². The second kappa shape index (κ2) is 7.39. The topological polar surface area (TPSA) is 36.4 Å². The Morgan fingerprint density at radius 2 is 2.10 bits per heavy atom. The molecule has 1 aliphatic rings. The molecule has 1 amide bonds. The summed E-state index contributed by atoms with van der Waals surface area (Å²) < 4.78 is 0. The van der Waals surface area contributed by atoms with Gasteiger partial charge in [-0.3, -0.25) is 9.69 Å². The molecule has 0 radical (unpaired) electrons. The summed E-state index contributed by atoms with van der Waals surface area (Å²) in [6, 6.07) is 5.90. The van der Waals surface area contributed by atoms with E-state index in [2.05, 4.69) is 16.8 Å². The largest absolute Gasteiger partial charge is 0.301 e. The molecule has 0 N–H and O–H groups in total. The van der Waals surface area contributed by atoms with Crippen molar-refractivity contribution in [3.63, 3.8) is 0 Å². The summed E-state index contributed by atoms with van der Waals surface area (Å²) in [6.07, 6.45) is 6.15. The lowest BCUT2D eigenvalue weighted by Crippen LogP contribution is -2.47. The summed E-state index contributed by atoms with van der Waals surface area (Å²) in [4.78, 5) is 20.9. The van der Waals surface area contributed by atoms with Crippen LogP contribution in [-0.4, -0.2) is 41.5 Å². The standard InChI is InChI=1S/C16H25N3O/c1-3-16(20)19(15-9-5-6-10-17-15)14(2)13-18-11-7-4-8-12-18/h5-6,9-10,14H,3-4,7-8,11-13H2,1-2H3/t14-/m1/s1. The highest BCUT2D eigenvalue weighted by Gasteiger charge is 2.24. The fraction of sp³-hybridized carbons (Fsp3) is 0.625. The monoisotopic (exact) mass is 275 g/mol. The van der Waals surface area contributed by atoms with E-state index in [1.54, 1.807) is 6.20 Å². The molecular formula is C16H25N3O. The lowest BCUT2D eigenvalue weighted by molar-refractivity contribution is -0.118. The average Bonchev–Trinajstić information content (AvgIpc) is 2.49. The van der Waals surface area contributed by atoms with E-state index in [9.17, 15) is 4.79 Å². The Morgan fingerprint density at radius 3 is 2.70 bits per heavy atom. The van der Waals surface area contributed by atoms with Crippen molar-refractivity contribution in [3.8, 4) is 0 Å². The number of pyridine rings is 1. The first-order chi connectivity index (χ1) is 9.72. The predicted octanol–water partition coefficient (Wildman–Crippen LogP) is 2.70. The SMILES string of the molecule is CCC(=O)N(c1ccccn1)[C@H](C)CN1CCCCC1. The summed E-state index contributed by atoms with van der Waals surface area (Å²) >= 11 is 0. The number of amides is 1. The van der Waals surface area contributed by atoms with Gasteiger partial charge in [0.05, 0.1) is 0 Å². The van der Waals surface area contributed by atoms with Gasteiger partial charge in [0.25, 0.3) is 0 Å². The number of anilines is 1. The van der Waals surface area contributed by atoms with Gasteiger partial charge in [0, 0.05) is 25.2 Å². The first-order valence-corrected chi connectivity index (χ1v) is 7.67. The van der Waals surface area contributed by atoms with Crippen molar-refractivity contribution >= 4 is 11.7 Å². The van der Waals surface area contributed by atoms with E-state index >= 15 is 0 Å². The molecule has 2 heterocycles. The van der Waals surface area contributed by atoms with Gasteiger partial charge in [-0.25, -0.2) is 4.98 Å². The van der Waals surface area contributed by atoms with Crippen LogP contribution in [0.25, 0.3) is 0 Å². The van der Waals surface area contributed by atoms with Crippen molar-refractivity contribution in [1.29, 1.82) is 0 Å². The number of hydrogen-bond acceptors (Lipinski definition) is 3. The maximum absolute atomic E-state index is 12.3. The van der Waals surface area contributed by atoms with Crippen LogP contribution in [0, 0.1) is 0 Å². The van der Waals surface area contributed by atoms with Crippen molar-refractivity contribution in [3.05, 3.63) is 24.4 Å². The molecule has 4 nitrogen and oxygen atoms in total. The molecule has 0 aromatic carbocycles. The fourth-order valence-electron chi connectivity index (χ4n) is 2.86. The molecule has 4 heteroatoms. The smallest absolute Gasteiger partial charge is 0.228 e. The lowest BCUT2D eigenvalue weighted by atomic mass is 10.1. The quantitative estimate of drug-likeness (QED) is 0.829. The molecule has 1 saturated heterocycles. The van der Waals surface area contributed by atoms with Crippen LogP contribution in [0.3, 0.4) is 0 Å². The van der Waals surface area contributed by atoms with E-state index in [4.69, 9.17) is 0 Å². The number of nitrogens with zero attached hydrogens (tertiary/aromatic N) is 3. The first-order valence-electron chi connectivity index (χ1n) is 7.67. The third-order valence-electron chi connectivity index (χ3n) is 3.88. The molecule has 1 aromatic rings. The second-order valence-corrected chi connectivity index (χ2v) is 5.52. The predicted molar refractivity (Wildman–Crippen MR) is 81.8 cm³/mol. The summed E-state index contributed by atoms with van der Waals surface area (Å²) in [7, 11) is 0. The minimum Gasteiger partial charge on any atom is -0.301 e. The highest BCUT2D eigenvalue weighted by atomic mass is 16.2. The van der Waals surface area contributed by atoms with E-state index in [0.717, 1.165) is 25.5 Å². The summed E-state index contributed by atoms with van der Waals surface area (Å²) in [5.74, 6) is 0.914. The van der Waals surface area contributed by atoms with Gasteiger partial charge in [-0.1, -0.05) is 19.4 Å². The Kier molecular flexibility index (Phi) is 5.53. The molecule has 0 unspecified atom stereocenters. The van der Waals surface area contributed by atoms with Gasteiger partial charge in [-0.05, 0) is 45.0 Å². The molecule has 1 atom stereocenters. The van der Waals surface area contributed by atoms with Gasteiger partial charge in [0.15, 0.2) is 0 Å². The van der Waals surface area contributed by atoms with E-state index in [0.29, 0.717) is 6.42 Å². The number of aromatic nitrogens is 1. The van der Waals surface area contributed by atoms with E-state index in [-0.39, 0.29) is 11.9 Å². The Bertz CT molecular complexity index is 415. The lowest BCUT2D eigenvalue weighted by Gasteiger charge is -2.34. The van der Waals surface area contributed by atoms with Crippen LogP contribution < -0.4 is 4.90 Å². The number of carbonyl (C=O) groups excluding carboxylic acids is 1. The molecule has 20 heavy (non-hydrogen) atoms. The van der Waals surface area contributed by atoms with Crippen LogP contribution in [0.2, 0.25) is 0 Å². The zero-order valence-electron chi connectivity index (χ0n) is 12.6. The summed E-state index contributed by atoms with van der Waals surface area (Å²) in [5, 5.41) is 0. The third-order valence-corrected chi connectivity index (χ3v) is 3.88. The molecule has 0 bridgehead atoms. The number of rotatable bonds is 5. The molecule has 0 spiro atoms. The van der Waals surface area contributed by atoms with Crippen LogP contribution in [0.15, 0.2) is 24.4 Å². The molecule has 0 aliphatic carbocycles. The van der Waals surface area contributed by atoms with E-state index < -0.39 is 0 Å². The van der Waals surface area contributed by atoms with Crippen LogP contribution in [0.1, 0.15) is 39.5 Å². The molecular weight excluding hydrogens is 250 g/mol. The molecule has 0 saturated carbocycles. The van der Waals surface area contributed by atoms with Gasteiger partial charge in [-0.2, -0.15) is 0 Å². The highest BCUT2D eigenvalue weighted by Crippen LogP contribution is 2.17. The Labute approximate surface area is 121 Å². The Balaban J connectivity index is 2.07. The molecule has 1 aromatic heterocycles. The number of likely N-dealkylation sites (tertiary alicyclic amines) is 1. The van der Waals surface area contributed by atoms with Crippen molar-refractivity contribution < 1.29 is 4.79 Å². The minimum atomic E-state index is 0.146. The number of carbonyl (C=O) groups is 1. The first kappa shape index (κ1) is 15.0. The van der Waals surface area contributed by atoms with Gasteiger partial charge in [-0.15, -0.1) is 0 Å². The molecule has 2 rings (SSSR count). The van der Waals surface area contributed by atoms with Crippen LogP contribution in [0.4, 0.5) is 5.82 Å². The third kappa shape index (κ3) is 3.79. The second-order valence-electron chi connectivity index (χ2n) is 5.52. The van der Waals surface area contributed by atoms with Crippen molar-refractivity contribution in [2.24, 2.45) is 0 Å². The normalized spacial score (nSPS) is 17.7. The van der Waals surface area contributed by atoms with Crippen LogP contribution in [-0.2, 0) is 4.79 Å². The maximum atomic E-state index is 12.3. The highest BCUT2D eigenvalue weighted by molar-refractivity contribution is 5.92. The molecule has 1 fully saturated rings. The Hall–Kier alpha value is -1.42. The molecule has 110 valence electrons. The van der Waals surface area contributed by atoms with Gasteiger partial charge >= 0.3 is 0 Å². The van der Waals surface area contributed by atoms with Gasteiger partial charge < -0.3 is 4.90 Å². The fourth-order valence-corrected chi connectivity index (χ4v) is 2.86.